The fourth-order valence-electron chi connectivity index (χ4n) is 9.11. The Hall–Kier alpha value is -7.04. The minimum absolute atomic E-state index is 1.10. The molecule has 0 fully saturated rings. The van der Waals surface area contributed by atoms with Crippen molar-refractivity contribution in [2.45, 2.75) is 0 Å². The van der Waals surface area contributed by atoms with Gasteiger partial charge in [0.2, 0.25) is 0 Å². The number of fused-ring (bicyclic) bond motifs is 12. The molecule has 0 bridgehead atoms. The normalized spacial score (nSPS) is 12.2. The molecule has 4 nitrogen and oxygen atoms in total. The van der Waals surface area contributed by atoms with Crippen LogP contribution in [0.25, 0.3) is 104 Å². The number of aromatic amines is 1. The molecule has 0 saturated heterocycles. The summed E-state index contributed by atoms with van der Waals surface area (Å²) in [6.07, 6.45) is 0. The molecule has 8 aromatic carbocycles. The summed E-state index contributed by atoms with van der Waals surface area (Å²) in [6.45, 7) is 0. The molecule has 12 rings (SSSR count). The number of aromatic nitrogens is 4. The lowest BCUT2D eigenvalue weighted by atomic mass is 10.1. The van der Waals surface area contributed by atoms with Crippen LogP contribution < -0.4 is 0 Å². The van der Waals surface area contributed by atoms with E-state index in [0.29, 0.717) is 0 Å². The van der Waals surface area contributed by atoms with E-state index in [-0.39, 0.29) is 0 Å². The van der Waals surface area contributed by atoms with E-state index in [4.69, 9.17) is 0 Å². The summed E-state index contributed by atoms with van der Waals surface area (Å²) in [5.41, 5.74) is 12.8. The van der Waals surface area contributed by atoms with E-state index in [9.17, 15) is 0 Å². The highest BCUT2D eigenvalue weighted by Crippen LogP contribution is 2.45. The first kappa shape index (κ1) is 27.7. The van der Waals surface area contributed by atoms with Gasteiger partial charge in [-0.1, -0.05) is 115 Å². The summed E-state index contributed by atoms with van der Waals surface area (Å²) in [5.74, 6) is 0. The van der Waals surface area contributed by atoms with Gasteiger partial charge in [0, 0.05) is 54.1 Å². The van der Waals surface area contributed by atoms with E-state index >= 15 is 0 Å². The number of nitrogens with one attached hydrogen (secondary N) is 1. The standard InChI is InChI=1S/C48H30N4/c1-7-21-38-30(14-1)31-15-2-8-22-39(31)50(38)44-27-13-20-36-46(44)47-37(49-36)28-29-45(51-40-23-9-3-16-32(40)33-17-4-10-24-41(33)51)48(47)52-42-25-11-5-18-34(42)35-19-6-12-26-43(35)52/h1-29,49H. The van der Waals surface area contributed by atoms with E-state index < -0.39 is 0 Å². The Labute approximate surface area is 298 Å². The maximum atomic E-state index is 3.89. The van der Waals surface area contributed by atoms with E-state index in [1.54, 1.807) is 0 Å². The SMILES string of the molecule is c1cc(-n2c3ccccc3c3ccccc32)c2c(c1)[nH]c1ccc(-n3c4ccccc4c4ccccc43)c(-n3c4ccccc4c4ccccc43)c12. The third-order valence-electron chi connectivity index (χ3n) is 11.2. The first-order valence-electron chi connectivity index (χ1n) is 17.9. The molecule has 52 heavy (non-hydrogen) atoms. The third-order valence-corrected chi connectivity index (χ3v) is 11.2. The van der Waals surface area contributed by atoms with Crippen LogP contribution in [0.1, 0.15) is 0 Å². The van der Waals surface area contributed by atoms with Gasteiger partial charge in [0.25, 0.3) is 0 Å². The smallest absolute Gasteiger partial charge is 0.0804 e. The van der Waals surface area contributed by atoms with Crippen molar-refractivity contribution in [2.24, 2.45) is 0 Å². The van der Waals surface area contributed by atoms with Crippen molar-refractivity contribution in [3.8, 4) is 17.1 Å². The van der Waals surface area contributed by atoms with Crippen LogP contribution in [0.5, 0.6) is 0 Å². The number of benzene rings is 8. The van der Waals surface area contributed by atoms with Crippen LogP contribution in [-0.4, -0.2) is 18.7 Å². The molecule has 0 aliphatic rings. The van der Waals surface area contributed by atoms with Gasteiger partial charge in [0.1, 0.15) is 0 Å². The van der Waals surface area contributed by atoms with E-state index in [1.807, 2.05) is 0 Å². The van der Waals surface area contributed by atoms with Crippen molar-refractivity contribution in [2.75, 3.05) is 0 Å². The lowest BCUT2D eigenvalue weighted by Crippen LogP contribution is -2.04. The molecule has 12 aromatic rings. The van der Waals surface area contributed by atoms with E-state index in [1.165, 1.54) is 76.2 Å². The Morgan fingerprint density at radius 2 is 0.635 bits per heavy atom. The number of rotatable bonds is 3. The van der Waals surface area contributed by atoms with Crippen molar-refractivity contribution in [1.29, 1.82) is 0 Å². The highest BCUT2D eigenvalue weighted by molar-refractivity contribution is 6.21. The van der Waals surface area contributed by atoms with Gasteiger partial charge in [-0.15, -0.1) is 0 Å². The van der Waals surface area contributed by atoms with Crippen molar-refractivity contribution in [3.05, 3.63) is 176 Å². The Balaban J connectivity index is 1.34. The van der Waals surface area contributed by atoms with Gasteiger partial charge in [-0.25, -0.2) is 0 Å². The number of para-hydroxylation sites is 6. The van der Waals surface area contributed by atoms with Crippen molar-refractivity contribution >= 4 is 87.2 Å². The lowest BCUT2D eigenvalue weighted by molar-refractivity contribution is 1.11. The fraction of sp³-hybridized carbons (Fsp3) is 0. The fourth-order valence-corrected chi connectivity index (χ4v) is 9.11. The van der Waals surface area contributed by atoms with Crippen LogP contribution >= 0.6 is 0 Å². The Morgan fingerprint density at radius 3 is 1.08 bits per heavy atom. The average molecular weight is 663 g/mol. The molecule has 0 aliphatic carbocycles. The van der Waals surface area contributed by atoms with Gasteiger partial charge in [0.05, 0.1) is 50.2 Å². The molecule has 0 amide bonds. The largest absolute Gasteiger partial charge is 0.354 e. The maximum Gasteiger partial charge on any atom is 0.0804 e. The van der Waals surface area contributed by atoms with Crippen molar-refractivity contribution < 1.29 is 0 Å². The van der Waals surface area contributed by atoms with E-state index in [2.05, 4.69) is 195 Å². The minimum Gasteiger partial charge on any atom is -0.354 e. The summed E-state index contributed by atoms with van der Waals surface area (Å²) in [4.78, 5) is 3.89. The second kappa shape index (κ2) is 10.3. The van der Waals surface area contributed by atoms with Crippen LogP contribution in [0.2, 0.25) is 0 Å². The zero-order valence-corrected chi connectivity index (χ0v) is 28.1. The minimum atomic E-state index is 1.10. The van der Waals surface area contributed by atoms with Gasteiger partial charge in [0.15, 0.2) is 0 Å². The van der Waals surface area contributed by atoms with E-state index in [0.717, 1.165) is 28.1 Å². The molecule has 242 valence electrons. The van der Waals surface area contributed by atoms with Gasteiger partial charge in [-0.2, -0.15) is 0 Å². The molecule has 0 radical (unpaired) electrons. The summed E-state index contributed by atoms with van der Waals surface area (Å²) in [5, 5.41) is 9.87. The zero-order valence-electron chi connectivity index (χ0n) is 28.1. The third kappa shape index (κ3) is 3.55. The molecule has 0 atom stereocenters. The van der Waals surface area contributed by atoms with Gasteiger partial charge in [-0.3, -0.25) is 0 Å². The predicted molar refractivity (Wildman–Crippen MR) is 219 cm³/mol. The molecule has 4 aromatic heterocycles. The predicted octanol–water partition coefficient (Wildman–Crippen LogP) is 12.6. The summed E-state index contributed by atoms with van der Waals surface area (Å²) >= 11 is 0. The highest BCUT2D eigenvalue weighted by atomic mass is 15.1. The molecule has 4 heterocycles. The molecule has 0 unspecified atom stereocenters. The molecule has 0 spiro atoms. The first-order chi connectivity index (χ1) is 25.8. The van der Waals surface area contributed by atoms with Gasteiger partial charge in [-0.05, 0) is 60.7 Å². The van der Waals surface area contributed by atoms with Gasteiger partial charge < -0.3 is 18.7 Å². The number of hydrogen-bond acceptors (Lipinski definition) is 0. The molecule has 4 heteroatoms. The molecule has 0 aliphatic heterocycles. The van der Waals surface area contributed by atoms with Gasteiger partial charge >= 0.3 is 0 Å². The molecular formula is C48H30N4. The van der Waals surface area contributed by atoms with Crippen LogP contribution in [0, 0.1) is 0 Å². The van der Waals surface area contributed by atoms with Crippen LogP contribution in [0.4, 0.5) is 0 Å². The van der Waals surface area contributed by atoms with Crippen LogP contribution in [-0.2, 0) is 0 Å². The lowest BCUT2D eigenvalue weighted by Gasteiger charge is -2.19. The number of hydrogen-bond donors (Lipinski definition) is 1. The van der Waals surface area contributed by atoms with Crippen LogP contribution in [0.3, 0.4) is 0 Å². The first-order valence-corrected chi connectivity index (χ1v) is 17.9. The van der Waals surface area contributed by atoms with Crippen molar-refractivity contribution in [3.63, 3.8) is 0 Å². The Kier molecular flexibility index (Phi) is 5.47. The summed E-state index contributed by atoms with van der Waals surface area (Å²) < 4.78 is 7.45. The molecule has 0 saturated carbocycles. The monoisotopic (exact) mass is 662 g/mol. The Morgan fingerprint density at radius 1 is 0.269 bits per heavy atom. The maximum absolute atomic E-state index is 3.89. The molecule has 1 N–H and O–H groups in total. The van der Waals surface area contributed by atoms with Crippen molar-refractivity contribution in [1.82, 2.24) is 18.7 Å². The topological polar surface area (TPSA) is 30.6 Å². The summed E-state index contributed by atoms with van der Waals surface area (Å²) in [6, 6.07) is 64.2. The zero-order chi connectivity index (χ0) is 33.9. The second-order valence-electron chi connectivity index (χ2n) is 13.8. The average Bonchev–Trinajstić information content (AvgIpc) is 3.94. The number of H-pyrrole nitrogens is 1. The highest BCUT2D eigenvalue weighted by Gasteiger charge is 2.25. The second-order valence-corrected chi connectivity index (χ2v) is 13.8. The number of nitrogens with zero attached hydrogens (tertiary/aromatic N) is 3. The molecular weight excluding hydrogens is 633 g/mol. The quantitative estimate of drug-likeness (QED) is 0.195. The summed E-state index contributed by atoms with van der Waals surface area (Å²) in [7, 11) is 0. The van der Waals surface area contributed by atoms with Crippen LogP contribution in [0.15, 0.2) is 176 Å². The Bertz CT molecular complexity index is 3260.